The van der Waals surface area contributed by atoms with Crippen LogP contribution in [0.2, 0.25) is 0 Å². The molecule has 2 rings (SSSR count). The molecule has 0 saturated heterocycles. The maximum atomic E-state index is 12.7. The molecule has 122 valence electrons. The number of rotatable bonds is 5. The van der Waals surface area contributed by atoms with Crippen molar-refractivity contribution in [2.45, 2.75) is 19.5 Å². The van der Waals surface area contributed by atoms with E-state index in [1.54, 1.807) is 24.3 Å². The fourth-order valence-electron chi connectivity index (χ4n) is 1.89. The Morgan fingerprint density at radius 2 is 1.83 bits per heavy atom. The first-order valence-corrected chi connectivity index (χ1v) is 7.11. The number of carbonyl (C=O) groups is 1. The van der Waals surface area contributed by atoms with E-state index in [1.165, 1.54) is 12.1 Å². The second kappa shape index (κ2) is 7.17. The molecule has 0 heterocycles. The summed E-state index contributed by atoms with van der Waals surface area (Å²) < 4.78 is 43.4. The minimum atomic E-state index is -4.48. The van der Waals surface area contributed by atoms with Crippen molar-refractivity contribution < 1.29 is 22.7 Å². The first-order valence-electron chi connectivity index (χ1n) is 7.11. The van der Waals surface area contributed by atoms with Crippen LogP contribution in [0.5, 0.6) is 5.75 Å². The normalized spacial score (nSPS) is 11.1. The van der Waals surface area contributed by atoms with Crippen LogP contribution in [-0.2, 0) is 6.18 Å². The molecule has 23 heavy (non-hydrogen) atoms. The molecule has 2 aromatic carbocycles. The standard InChI is InChI=1S/C17H16F3NO2/c1-2-10-23-15-8-6-14(7-9-15)21-16(22)12-4-3-5-13(11-12)17(18,19)20/h3-9,11H,2,10H2,1H3,(H,21,22). The van der Waals surface area contributed by atoms with Crippen molar-refractivity contribution in [3.05, 3.63) is 59.7 Å². The summed E-state index contributed by atoms with van der Waals surface area (Å²) in [6.07, 6.45) is -3.59. The first-order chi connectivity index (χ1) is 10.9. The van der Waals surface area contributed by atoms with E-state index >= 15 is 0 Å². The first kappa shape index (κ1) is 16.9. The molecule has 0 unspecified atom stereocenters. The van der Waals surface area contributed by atoms with Gasteiger partial charge in [-0.2, -0.15) is 13.2 Å². The molecule has 1 amide bonds. The predicted octanol–water partition coefficient (Wildman–Crippen LogP) is 4.75. The molecule has 0 saturated carbocycles. The lowest BCUT2D eigenvalue weighted by molar-refractivity contribution is -0.137. The van der Waals surface area contributed by atoms with Gasteiger partial charge in [-0.1, -0.05) is 13.0 Å². The molecule has 0 atom stereocenters. The molecule has 0 radical (unpaired) electrons. The van der Waals surface area contributed by atoms with Crippen LogP contribution in [0.15, 0.2) is 48.5 Å². The number of alkyl halides is 3. The zero-order valence-corrected chi connectivity index (χ0v) is 12.5. The summed E-state index contributed by atoms with van der Waals surface area (Å²) in [5, 5.41) is 2.56. The van der Waals surface area contributed by atoms with Gasteiger partial charge in [0.15, 0.2) is 0 Å². The van der Waals surface area contributed by atoms with Gasteiger partial charge >= 0.3 is 6.18 Å². The number of hydrogen-bond donors (Lipinski definition) is 1. The van der Waals surface area contributed by atoms with Crippen LogP contribution in [0.25, 0.3) is 0 Å². The summed E-state index contributed by atoms with van der Waals surface area (Å²) >= 11 is 0. The van der Waals surface area contributed by atoms with Crippen LogP contribution in [0.4, 0.5) is 18.9 Å². The van der Waals surface area contributed by atoms with Crippen molar-refractivity contribution >= 4 is 11.6 Å². The average Bonchev–Trinajstić information content (AvgIpc) is 2.53. The molecule has 3 nitrogen and oxygen atoms in total. The van der Waals surface area contributed by atoms with Gasteiger partial charge in [0.2, 0.25) is 0 Å². The van der Waals surface area contributed by atoms with Crippen molar-refractivity contribution in [3.8, 4) is 5.75 Å². The number of nitrogens with one attached hydrogen (secondary N) is 1. The van der Waals surface area contributed by atoms with E-state index in [0.717, 1.165) is 18.6 Å². The van der Waals surface area contributed by atoms with Crippen LogP contribution in [-0.4, -0.2) is 12.5 Å². The molecular weight excluding hydrogens is 307 g/mol. The van der Waals surface area contributed by atoms with Crippen molar-refractivity contribution in [2.75, 3.05) is 11.9 Å². The molecule has 6 heteroatoms. The molecule has 0 bridgehead atoms. The Balaban J connectivity index is 2.07. The van der Waals surface area contributed by atoms with Crippen molar-refractivity contribution in [1.29, 1.82) is 0 Å². The Bertz CT molecular complexity index is 666. The van der Waals surface area contributed by atoms with E-state index in [2.05, 4.69) is 5.32 Å². The summed E-state index contributed by atoms with van der Waals surface area (Å²) in [5.74, 6) is 0.0715. The maximum absolute atomic E-state index is 12.7. The third-order valence-corrected chi connectivity index (χ3v) is 3.04. The monoisotopic (exact) mass is 323 g/mol. The smallest absolute Gasteiger partial charge is 0.416 e. The second-order valence-electron chi connectivity index (χ2n) is 4.91. The second-order valence-corrected chi connectivity index (χ2v) is 4.91. The Kier molecular flexibility index (Phi) is 5.26. The number of carbonyl (C=O) groups excluding carboxylic acids is 1. The lowest BCUT2D eigenvalue weighted by Gasteiger charge is -2.10. The average molecular weight is 323 g/mol. The van der Waals surface area contributed by atoms with Crippen LogP contribution < -0.4 is 10.1 Å². The van der Waals surface area contributed by atoms with Gasteiger partial charge in [-0.25, -0.2) is 0 Å². The van der Waals surface area contributed by atoms with Gasteiger partial charge in [-0.05, 0) is 48.9 Å². The fraction of sp³-hybridized carbons (Fsp3) is 0.235. The van der Waals surface area contributed by atoms with Crippen molar-refractivity contribution in [1.82, 2.24) is 0 Å². The highest BCUT2D eigenvalue weighted by Gasteiger charge is 2.30. The summed E-state index contributed by atoms with van der Waals surface area (Å²) in [6.45, 7) is 2.58. The molecule has 0 aliphatic rings. The van der Waals surface area contributed by atoms with E-state index < -0.39 is 17.6 Å². The largest absolute Gasteiger partial charge is 0.494 e. The summed E-state index contributed by atoms with van der Waals surface area (Å²) in [6, 6.07) is 11.0. The van der Waals surface area contributed by atoms with Gasteiger partial charge < -0.3 is 10.1 Å². The lowest BCUT2D eigenvalue weighted by Crippen LogP contribution is -2.13. The molecule has 0 aliphatic heterocycles. The van der Waals surface area contributed by atoms with Crippen molar-refractivity contribution in [3.63, 3.8) is 0 Å². The van der Waals surface area contributed by atoms with Crippen LogP contribution in [0.3, 0.4) is 0 Å². The number of ether oxygens (including phenoxy) is 1. The van der Waals surface area contributed by atoms with E-state index in [-0.39, 0.29) is 5.56 Å². The Morgan fingerprint density at radius 1 is 1.13 bits per heavy atom. The molecular formula is C17H16F3NO2. The molecule has 2 aromatic rings. The van der Waals surface area contributed by atoms with Crippen LogP contribution in [0, 0.1) is 0 Å². The van der Waals surface area contributed by atoms with Gasteiger partial charge in [0, 0.05) is 11.3 Å². The highest BCUT2D eigenvalue weighted by atomic mass is 19.4. The van der Waals surface area contributed by atoms with E-state index in [0.29, 0.717) is 18.0 Å². The van der Waals surface area contributed by atoms with Crippen LogP contribution >= 0.6 is 0 Å². The van der Waals surface area contributed by atoms with E-state index in [1.807, 2.05) is 6.92 Å². The highest BCUT2D eigenvalue weighted by molar-refractivity contribution is 6.04. The SMILES string of the molecule is CCCOc1ccc(NC(=O)c2cccc(C(F)(F)F)c2)cc1. The zero-order chi connectivity index (χ0) is 16.9. The molecule has 0 spiro atoms. The molecule has 0 fully saturated rings. The van der Waals surface area contributed by atoms with Gasteiger partial charge in [0.1, 0.15) is 5.75 Å². The van der Waals surface area contributed by atoms with Crippen LogP contribution in [0.1, 0.15) is 29.3 Å². The Hall–Kier alpha value is -2.50. The topological polar surface area (TPSA) is 38.3 Å². The fourth-order valence-corrected chi connectivity index (χ4v) is 1.89. The number of amides is 1. The number of benzene rings is 2. The highest BCUT2D eigenvalue weighted by Crippen LogP contribution is 2.29. The summed E-state index contributed by atoms with van der Waals surface area (Å²) in [4.78, 5) is 12.0. The number of anilines is 1. The lowest BCUT2D eigenvalue weighted by atomic mass is 10.1. The molecule has 0 aromatic heterocycles. The third-order valence-electron chi connectivity index (χ3n) is 3.04. The van der Waals surface area contributed by atoms with E-state index in [4.69, 9.17) is 4.74 Å². The van der Waals surface area contributed by atoms with Gasteiger partial charge in [0.25, 0.3) is 5.91 Å². The van der Waals surface area contributed by atoms with Crippen molar-refractivity contribution in [2.24, 2.45) is 0 Å². The van der Waals surface area contributed by atoms with Gasteiger partial charge in [-0.15, -0.1) is 0 Å². The number of hydrogen-bond acceptors (Lipinski definition) is 2. The molecule has 0 aliphatic carbocycles. The maximum Gasteiger partial charge on any atom is 0.416 e. The minimum absolute atomic E-state index is 0.0499. The van der Waals surface area contributed by atoms with Gasteiger partial charge in [0.05, 0.1) is 12.2 Å². The minimum Gasteiger partial charge on any atom is -0.494 e. The quantitative estimate of drug-likeness (QED) is 0.862. The summed E-state index contributed by atoms with van der Waals surface area (Å²) in [7, 11) is 0. The van der Waals surface area contributed by atoms with Gasteiger partial charge in [-0.3, -0.25) is 4.79 Å². The number of halogens is 3. The molecule has 1 N–H and O–H groups in total. The Labute approximate surface area is 132 Å². The van der Waals surface area contributed by atoms with E-state index in [9.17, 15) is 18.0 Å². The Morgan fingerprint density at radius 3 is 2.43 bits per heavy atom. The zero-order valence-electron chi connectivity index (χ0n) is 12.5. The third kappa shape index (κ3) is 4.74. The summed E-state index contributed by atoms with van der Waals surface area (Å²) in [5.41, 5.74) is -0.421. The predicted molar refractivity (Wildman–Crippen MR) is 81.6 cm³/mol.